The number of aromatic nitrogens is 1. The third-order valence-electron chi connectivity index (χ3n) is 6.67. The van der Waals surface area contributed by atoms with Gasteiger partial charge < -0.3 is 10.5 Å². The molecule has 3 aromatic rings. The van der Waals surface area contributed by atoms with Crippen LogP contribution in [0.5, 0.6) is 0 Å². The highest BCUT2D eigenvalue weighted by Crippen LogP contribution is 2.37. The fourth-order valence-electron chi connectivity index (χ4n) is 4.56. The Balaban J connectivity index is 2.01. The number of thiazole rings is 1. The third kappa shape index (κ3) is 5.09. The smallest absolute Gasteiger partial charge is 0.338 e. The molecule has 0 unspecified atom stereocenters. The van der Waals surface area contributed by atoms with E-state index in [-0.39, 0.29) is 28.6 Å². The summed E-state index contributed by atoms with van der Waals surface area (Å²) < 4.78 is 7.72. The molecular weight excluding hydrogens is 494 g/mol. The van der Waals surface area contributed by atoms with E-state index in [1.54, 1.807) is 19.9 Å². The zero-order valence-electron chi connectivity index (χ0n) is 22.6. The lowest BCUT2D eigenvalue weighted by Crippen LogP contribution is -2.40. The summed E-state index contributed by atoms with van der Waals surface area (Å²) >= 11 is 1.19. The molecule has 4 rings (SSSR count). The third-order valence-corrected chi connectivity index (χ3v) is 7.78. The lowest BCUT2D eigenvalue weighted by molar-refractivity contribution is -0.140. The van der Waals surface area contributed by atoms with Crippen molar-refractivity contribution in [2.24, 2.45) is 5.73 Å². The van der Waals surface area contributed by atoms with Crippen LogP contribution in [0.15, 0.2) is 58.9 Å². The van der Waals surface area contributed by atoms with Gasteiger partial charge in [-0.1, -0.05) is 76.2 Å². The minimum atomic E-state index is -0.747. The number of rotatable bonds is 6. The Bertz CT molecular complexity index is 1610. The number of nitrogens with zero attached hydrogens (tertiary/aromatic N) is 2. The van der Waals surface area contributed by atoms with Crippen LogP contribution in [0.3, 0.4) is 0 Å². The Morgan fingerprint density at radius 3 is 2.05 bits per heavy atom. The number of nitriles is 1. The summed E-state index contributed by atoms with van der Waals surface area (Å²) in [6.45, 7) is 12.0. The number of ether oxygens (including phenoxy) is 1. The van der Waals surface area contributed by atoms with Crippen molar-refractivity contribution in [2.75, 3.05) is 0 Å². The topological polar surface area (TPSA) is 98.1 Å². The van der Waals surface area contributed by atoms with Crippen LogP contribution < -0.4 is 20.5 Å². The van der Waals surface area contributed by atoms with Crippen molar-refractivity contribution in [2.45, 2.75) is 65.4 Å². The molecule has 0 spiro atoms. The van der Waals surface area contributed by atoms with E-state index in [4.69, 9.17) is 10.5 Å². The summed E-state index contributed by atoms with van der Waals surface area (Å²) in [7, 11) is 0. The molecule has 1 aromatic heterocycles. The number of fused-ring (bicyclic) bond motifs is 1. The molecule has 1 aliphatic heterocycles. The summed E-state index contributed by atoms with van der Waals surface area (Å²) in [6.07, 6.45) is 1.41. The SMILES string of the molecule is CC(C)OC(=O)C1=c2s/c(=C\c3ccc(C(C)C)cc3)c(=O)n2C(N)=C(C#N)[C@H]1c1ccc(C(C)C)cc1. The van der Waals surface area contributed by atoms with Crippen LogP contribution in [0, 0.1) is 11.3 Å². The Hall–Kier alpha value is -3.89. The molecule has 0 saturated heterocycles. The molecule has 38 heavy (non-hydrogen) atoms. The number of allylic oxidation sites excluding steroid dienone is 1. The van der Waals surface area contributed by atoms with E-state index in [1.165, 1.54) is 21.5 Å². The number of nitrogens with two attached hydrogens (primary N) is 1. The normalized spacial score (nSPS) is 15.8. The van der Waals surface area contributed by atoms with Crippen molar-refractivity contribution in [1.29, 1.82) is 5.26 Å². The van der Waals surface area contributed by atoms with Gasteiger partial charge in [0.05, 0.1) is 33.8 Å². The first-order valence-electron chi connectivity index (χ1n) is 12.8. The van der Waals surface area contributed by atoms with Crippen molar-refractivity contribution in [1.82, 2.24) is 4.57 Å². The molecule has 0 saturated carbocycles. The Morgan fingerprint density at radius 2 is 1.55 bits per heavy atom. The highest BCUT2D eigenvalue weighted by Gasteiger charge is 2.36. The van der Waals surface area contributed by atoms with Crippen molar-refractivity contribution in [3.05, 3.63) is 95.9 Å². The molecule has 0 aliphatic carbocycles. The van der Waals surface area contributed by atoms with Crippen molar-refractivity contribution in [3.63, 3.8) is 0 Å². The molecule has 2 heterocycles. The van der Waals surface area contributed by atoms with E-state index in [1.807, 2.05) is 48.5 Å². The van der Waals surface area contributed by atoms with E-state index in [2.05, 4.69) is 33.8 Å². The largest absolute Gasteiger partial charge is 0.460 e. The molecule has 7 heteroatoms. The number of hydrogen-bond acceptors (Lipinski definition) is 6. The van der Waals surface area contributed by atoms with Gasteiger partial charge in [0.25, 0.3) is 5.56 Å². The lowest BCUT2D eigenvalue weighted by Gasteiger charge is -2.25. The molecule has 196 valence electrons. The van der Waals surface area contributed by atoms with Crippen LogP contribution in [0.1, 0.15) is 81.5 Å². The molecule has 0 amide bonds. The molecule has 2 aromatic carbocycles. The second kappa shape index (κ2) is 10.8. The Morgan fingerprint density at radius 1 is 1.00 bits per heavy atom. The average Bonchev–Trinajstić information content (AvgIpc) is 3.19. The van der Waals surface area contributed by atoms with Crippen molar-refractivity contribution >= 4 is 34.8 Å². The molecule has 2 N–H and O–H groups in total. The second-order valence-electron chi connectivity index (χ2n) is 10.4. The van der Waals surface area contributed by atoms with Gasteiger partial charge in [0.1, 0.15) is 10.5 Å². The van der Waals surface area contributed by atoms with E-state index in [0.29, 0.717) is 21.0 Å². The maximum absolute atomic E-state index is 13.6. The monoisotopic (exact) mass is 527 g/mol. The van der Waals surface area contributed by atoms with Crippen LogP contribution in [0.4, 0.5) is 0 Å². The molecule has 0 fully saturated rings. The van der Waals surface area contributed by atoms with Crippen molar-refractivity contribution < 1.29 is 9.53 Å². The van der Waals surface area contributed by atoms with Gasteiger partial charge in [-0.3, -0.25) is 9.36 Å². The first-order chi connectivity index (χ1) is 18.0. The maximum Gasteiger partial charge on any atom is 0.338 e. The summed E-state index contributed by atoms with van der Waals surface area (Å²) in [5.74, 6) is -0.549. The quantitative estimate of drug-likeness (QED) is 0.475. The van der Waals surface area contributed by atoms with E-state index < -0.39 is 11.9 Å². The van der Waals surface area contributed by atoms with E-state index in [9.17, 15) is 14.9 Å². The van der Waals surface area contributed by atoms with Crippen LogP contribution in [0.2, 0.25) is 0 Å². The predicted molar refractivity (Wildman–Crippen MR) is 153 cm³/mol. The molecule has 0 radical (unpaired) electrons. The van der Waals surface area contributed by atoms with Gasteiger partial charge in [0.15, 0.2) is 0 Å². The number of carbonyl (C=O) groups excluding carboxylic acids is 1. The molecule has 0 bridgehead atoms. The highest BCUT2D eigenvalue weighted by atomic mass is 32.1. The summed E-state index contributed by atoms with van der Waals surface area (Å²) in [6, 6.07) is 18.0. The number of hydrogen-bond donors (Lipinski definition) is 1. The number of carbonyl (C=O) groups is 1. The minimum Gasteiger partial charge on any atom is -0.460 e. The maximum atomic E-state index is 13.6. The van der Waals surface area contributed by atoms with Gasteiger partial charge in [-0.2, -0.15) is 5.26 Å². The standard InChI is InChI=1S/C31H33N3O3S/c1-17(2)21-9-7-20(8-10-21)15-25-29(35)34-28(33)24(16-32)26(23-13-11-22(12-14-23)18(3)4)27(30(34)38-25)31(36)37-19(5)6/h7-15,17-19,26H,33H2,1-6H3/b25-15-/t26-/m1/s1. The first-order valence-corrected chi connectivity index (χ1v) is 13.6. The van der Waals surface area contributed by atoms with E-state index >= 15 is 0 Å². The van der Waals surface area contributed by atoms with Gasteiger partial charge >= 0.3 is 5.97 Å². The van der Waals surface area contributed by atoms with Gasteiger partial charge in [-0.25, -0.2) is 4.79 Å². The van der Waals surface area contributed by atoms with Gasteiger partial charge in [0, 0.05) is 0 Å². The molecule has 6 nitrogen and oxygen atoms in total. The summed E-state index contributed by atoms with van der Waals surface area (Å²) in [5, 5.41) is 10.2. The van der Waals surface area contributed by atoms with E-state index in [0.717, 1.165) is 16.7 Å². The van der Waals surface area contributed by atoms with Crippen LogP contribution in [-0.2, 0) is 9.53 Å². The predicted octanol–water partition coefficient (Wildman–Crippen LogP) is 4.54. The van der Waals surface area contributed by atoms with Gasteiger partial charge in [-0.15, -0.1) is 11.3 Å². The fraction of sp³-hybridized carbons (Fsp3) is 0.323. The summed E-state index contributed by atoms with van der Waals surface area (Å²) in [4.78, 5) is 27.1. The van der Waals surface area contributed by atoms with Crippen LogP contribution >= 0.6 is 11.3 Å². The van der Waals surface area contributed by atoms with Gasteiger partial charge in [0.2, 0.25) is 0 Å². The lowest BCUT2D eigenvalue weighted by atomic mass is 9.83. The fourth-order valence-corrected chi connectivity index (χ4v) is 5.72. The summed E-state index contributed by atoms with van der Waals surface area (Å²) in [5.41, 5.74) is 10.5. The number of esters is 1. The first kappa shape index (κ1) is 27.2. The van der Waals surface area contributed by atoms with Crippen LogP contribution in [-0.4, -0.2) is 16.6 Å². The zero-order chi connectivity index (χ0) is 27.7. The van der Waals surface area contributed by atoms with Crippen LogP contribution in [0.25, 0.3) is 17.5 Å². The second-order valence-corrected chi connectivity index (χ2v) is 11.4. The number of benzene rings is 2. The molecule has 1 atom stereocenters. The zero-order valence-corrected chi connectivity index (χ0v) is 23.4. The Labute approximate surface area is 227 Å². The highest BCUT2D eigenvalue weighted by molar-refractivity contribution is 7.07. The molecule has 1 aliphatic rings. The molecular formula is C31H33N3O3S. The Kier molecular flexibility index (Phi) is 7.75. The minimum absolute atomic E-state index is 0.0394. The van der Waals surface area contributed by atoms with Gasteiger partial charge in [-0.05, 0) is 54.0 Å². The average molecular weight is 528 g/mol. The van der Waals surface area contributed by atoms with Crippen molar-refractivity contribution in [3.8, 4) is 6.07 Å².